The predicted molar refractivity (Wildman–Crippen MR) is 96.5 cm³/mol. The molecule has 3 nitrogen and oxygen atoms in total. The fourth-order valence-electron chi connectivity index (χ4n) is 3.24. The molecule has 1 fully saturated rings. The van der Waals surface area contributed by atoms with Gasteiger partial charge in [-0.15, -0.1) is 22.7 Å². The fourth-order valence-corrected chi connectivity index (χ4v) is 5.45. The van der Waals surface area contributed by atoms with Crippen LogP contribution < -0.4 is 0 Å². The van der Waals surface area contributed by atoms with Crippen LogP contribution in [-0.4, -0.2) is 29.1 Å². The van der Waals surface area contributed by atoms with E-state index in [2.05, 4.69) is 43.0 Å². The number of rotatable bonds is 5. The molecule has 2 aromatic heterocycles. The number of thiophene rings is 2. The van der Waals surface area contributed by atoms with Gasteiger partial charge in [-0.05, 0) is 63.5 Å². The van der Waals surface area contributed by atoms with Crippen LogP contribution in [0.25, 0.3) is 0 Å². The van der Waals surface area contributed by atoms with E-state index in [0.717, 1.165) is 32.4 Å². The zero-order valence-corrected chi connectivity index (χ0v) is 15.3. The lowest BCUT2D eigenvalue weighted by atomic mass is 9.95. The van der Waals surface area contributed by atoms with E-state index in [9.17, 15) is 9.90 Å². The molecule has 0 spiro atoms. The minimum Gasteiger partial charge on any atom is -0.481 e. The van der Waals surface area contributed by atoms with Crippen LogP contribution in [-0.2, 0) is 11.2 Å². The van der Waals surface area contributed by atoms with E-state index in [1.807, 2.05) is 22.7 Å². The van der Waals surface area contributed by atoms with Crippen molar-refractivity contribution >= 4 is 28.6 Å². The molecular weight excluding hydrogens is 326 g/mol. The van der Waals surface area contributed by atoms with Crippen molar-refractivity contribution in [1.82, 2.24) is 4.90 Å². The Hall–Kier alpha value is -1.17. The van der Waals surface area contributed by atoms with E-state index < -0.39 is 5.97 Å². The second-order valence-electron chi connectivity index (χ2n) is 6.16. The summed E-state index contributed by atoms with van der Waals surface area (Å²) >= 11 is 3.75. The molecule has 1 aliphatic heterocycles. The van der Waals surface area contributed by atoms with Crippen molar-refractivity contribution < 1.29 is 9.90 Å². The first-order valence-electron chi connectivity index (χ1n) is 8.20. The molecule has 1 saturated heterocycles. The molecule has 0 bridgehead atoms. The Morgan fingerprint density at radius 1 is 1.22 bits per heavy atom. The van der Waals surface area contributed by atoms with Gasteiger partial charge in [0.25, 0.3) is 0 Å². The number of carboxylic acids is 1. The van der Waals surface area contributed by atoms with E-state index in [-0.39, 0.29) is 12.0 Å². The molecule has 0 aliphatic carbocycles. The molecular formula is C18H23NO2S2. The van der Waals surface area contributed by atoms with Gasteiger partial charge in [-0.1, -0.05) is 6.92 Å². The Kier molecular flexibility index (Phi) is 5.19. The summed E-state index contributed by atoms with van der Waals surface area (Å²) in [6, 6.07) is 9.20. The van der Waals surface area contributed by atoms with Crippen LogP contribution in [0, 0.1) is 12.8 Å². The third-order valence-corrected chi connectivity index (χ3v) is 6.91. The van der Waals surface area contributed by atoms with Crippen LogP contribution in [0.5, 0.6) is 0 Å². The third kappa shape index (κ3) is 3.67. The summed E-state index contributed by atoms with van der Waals surface area (Å²) in [7, 11) is 0. The van der Waals surface area contributed by atoms with Crippen LogP contribution in [0.2, 0.25) is 0 Å². The smallest absolute Gasteiger partial charge is 0.306 e. The number of hydrogen-bond acceptors (Lipinski definition) is 4. The normalized spacial score (nSPS) is 18.2. The molecule has 0 saturated carbocycles. The molecule has 1 atom stereocenters. The molecule has 0 amide bonds. The molecule has 5 heteroatoms. The van der Waals surface area contributed by atoms with Crippen molar-refractivity contribution in [2.45, 2.75) is 39.2 Å². The van der Waals surface area contributed by atoms with Gasteiger partial charge in [0.2, 0.25) is 0 Å². The van der Waals surface area contributed by atoms with Gasteiger partial charge in [-0.2, -0.15) is 0 Å². The van der Waals surface area contributed by atoms with Gasteiger partial charge in [0.1, 0.15) is 0 Å². The molecule has 0 aromatic carbocycles. The number of carbonyl (C=O) groups is 1. The highest BCUT2D eigenvalue weighted by Gasteiger charge is 2.31. The Labute approximate surface area is 145 Å². The van der Waals surface area contributed by atoms with Gasteiger partial charge in [0.05, 0.1) is 12.0 Å². The largest absolute Gasteiger partial charge is 0.481 e. The Morgan fingerprint density at radius 2 is 1.87 bits per heavy atom. The van der Waals surface area contributed by atoms with Gasteiger partial charge < -0.3 is 5.11 Å². The van der Waals surface area contributed by atoms with Crippen LogP contribution in [0.3, 0.4) is 0 Å². The summed E-state index contributed by atoms with van der Waals surface area (Å²) in [5.41, 5.74) is 0. The lowest BCUT2D eigenvalue weighted by Crippen LogP contribution is -2.38. The average molecular weight is 350 g/mol. The first-order chi connectivity index (χ1) is 11.1. The average Bonchev–Trinajstić information content (AvgIpc) is 3.18. The number of hydrogen-bond donors (Lipinski definition) is 1. The SMILES string of the molecule is CCc1ccc(C(c2ccc(C)s2)N2CCC(C(=O)O)CC2)s1. The zero-order chi connectivity index (χ0) is 16.4. The maximum absolute atomic E-state index is 11.2. The summed E-state index contributed by atoms with van der Waals surface area (Å²) in [5.74, 6) is -0.816. The molecule has 3 heterocycles. The molecule has 3 rings (SSSR count). The number of likely N-dealkylation sites (tertiary alicyclic amines) is 1. The second kappa shape index (κ2) is 7.16. The van der Waals surface area contributed by atoms with Gasteiger partial charge >= 0.3 is 5.97 Å². The van der Waals surface area contributed by atoms with E-state index >= 15 is 0 Å². The van der Waals surface area contributed by atoms with Gasteiger partial charge in [-0.3, -0.25) is 9.69 Å². The zero-order valence-electron chi connectivity index (χ0n) is 13.6. The molecule has 0 radical (unpaired) electrons. The van der Waals surface area contributed by atoms with Crippen LogP contribution in [0.4, 0.5) is 0 Å². The molecule has 1 unspecified atom stereocenters. The van der Waals surface area contributed by atoms with Crippen LogP contribution >= 0.6 is 22.7 Å². The van der Waals surface area contributed by atoms with Gasteiger partial charge in [0, 0.05) is 19.5 Å². The molecule has 124 valence electrons. The highest BCUT2D eigenvalue weighted by molar-refractivity contribution is 7.13. The maximum Gasteiger partial charge on any atom is 0.306 e. The summed E-state index contributed by atoms with van der Waals surface area (Å²) in [5, 5.41) is 9.22. The Morgan fingerprint density at radius 3 is 2.39 bits per heavy atom. The van der Waals surface area contributed by atoms with Crippen LogP contribution in [0.1, 0.15) is 45.3 Å². The molecule has 23 heavy (non-hydrogen) atoms. The first-order valence-corrected chi connectivity index (χ1v) is 9.83. The standard InChI is InChI=1S/C18H23NO2S2/c1-3-14-5-7-16(23-14)17(15-6-4-12(2)22-15)19-10-8-13(9-11-19)18(20)21/h4-7,13,17H,3,8-11H2,1-2H3,(H,20,21). The summed E-state index contributed by atoms with van der Waals surface area (Å²) < 4.78 is 0. The lowest BCUT2D eigenvalue weighted by molar-refractivity contribution is -0.143. The second-order valence-corrected chi connectivity index (χ2v) is 8.68. The highest BCUT2D eigenvalue weighted by Crippen LogP contribution is 2.38. The minimum absolute atomic E-state index is 0.175. The number of carboxylic acid groups (broad SMARTS) is 1. The summed E-state index contributed by atoms with van der Waals surface area (Å²) in [6.07, 6.45) is 2.58. The van der Waals surface area contributed by atoms with Crippen molar-refractivity contribution in [2.24, 2.45) is 5.92 Å². The number of nitrogens with zero attached hydrogens (tertiary/aromatic N) is 1. The van der Waals surface area contributed by atoms with Gasteiger partial charge in [-0.25, -0.2) is 0 Å². The highest BCUT2D eigenvalue weighted by atomic mass is 32.1. The number of piperidine rings is 1. The van der Waals surface area contributed by atoms with Crippen LogP contribution in [0.15, 0.2) is 24.3 Å². The maximum atomic E-state index is 11.2. The monoisotopic (exact) mass is 349 g/mol. The molecule has 1 aliphatic rings. The van der Waals surface area contributed by atoms with Crippen molar-refractivity contribution in [3.63, 3.8) is 0 Å². The van der Waals surface area contributed by atoms with E-state index in [1.165, 1.54) is 19.5 Å². The minimum atomic E-state index is -0.641. The topological polar surface area (TPSA) is 40.5 Å². The number of aliphatic carboxylic acids is 1. The number of aryl methyl sites for hydroxylation is 2. The molecule has 1 N–H and O–H groups in total. The quantitative estimate of drug-likeness (QED) is 0.860. The van der Waals surface area contributed by atoms with Crippen molar-refractivity contribution in [3.8, 4) is 0 Å². The summed E-state index contributed by atoms with van der Waals surface area (Å²) in [4.78, 5) is 19.2. The van der Waals surface area contributed by atoms with E-state index in [4.69, 9.17) is 0 Å². The summed E-state index contributed by atoms with van der Waals surface area (Å²) in [6.45, 7) is 6.06. The van der Waals surface area contributed by atoms with Crippen molar-refractivity contribution in [3.05, 3.63) is 43.8 Å². The van der Waals surface area contributed by atoms with Gasteiger partial charge in [0.15, 0.2) is 0 Å². The molecule has 2 aromatic rings. The fraction of sp³-hybridized carbons (Fsp3) is 0.500. The predicted octanol–water partition coefficient (Wildman–Crippen LogP) is 4.57. The first kappa shape index (κ1) is 16.7. The Bertz CT molecular complexity index is 668. The Balaban J connectivity index is 1.85. The third-order valence-electron chi connectivity index (χ3n) is 4.57. The van der Waals surface area contributed by atoms with Crippen molar-refractivity contribution in [2.75, 3.05) is 13.1 Å². The van der Waals surface area contributed by atoms with E-state index in [0.29, 0.717) is 0 Å². The van der Waals surface area contributed by atoms with E-state index in [1.54, 1.807) is 0 Å². The van der Waals surface area contributed by atoms with Crippen molar-refractivity contribution in [1.29, 1.82) is 0 Å². The lowest BCUT2D eigenvalue weighted by Gasteiger charge is -2.35.